The number of fused-ring (bicyclic) bond motifs is 1. The number of benzene rings is 1. The fourth-order valence-electron chi connectivity index (χ4n) is 3.55. The predicted molar refractivity (Wildman–Crippen MR) is 110 cm³/mol. The summed E-state index contributed by atoms with van der Waals surface area (Å²) in [5.41, 5.74) is 2.37. The minimum Gasteiger partial charge on any atom is -0.361 e. The van der Waals surface area contributed by atoms with Gasteiger partial charge in [0.25, 0.3) is 0 Å². The van der Waals surface area contributed by atoms with Crippen LogP contribution in [-0.2, 0) is 17.8 Å². The summed E-state index contributed by atoms with van der Waals surface area (Å²) in [6, 6.07) is 12.5. The lowest BCUT2D eigenvalue weighted by molar-refractivity contribution is -0.132. The van der Waals surface area contributed by atoms with Crippen molar-refractivity contribution in [3.8, 4) is 0 Å². The number of halogens is 1. The molecule has 2 aromatic heterocycles. The van der Waals surface area contributed by atoms with E-state index in [-0.39, 0.29) is 5.91 Å². The molecule has 0 saturated carbocycles. The third kappa shape index (κ3) is 4.03. The van der Waals surface area contributed by atoms with Crippen LogP contribution in [0.1, 0.15) is 16.9 Å². The lowest BCUT2D eigenvalue weighted by Crippen LogP contribution is -2.48. The molecule has 1 saturated heterocycles. The highest BCUT2D eigenvalue weighted by molar-refractivity contribution is 9.11. The average molecular weight is 432 g/mol. The Balaban J connectivity index is 1.27. The van der Waals surface area contributed by atoms with Crippen LogP contribution >= 0.6 is 27.3 Å². The first-order valence-electron chi connectivity index (χ1n) is 8.98. The second-order valence-electron chi connectivity index (χ2n) is 6.72. The number of aromatic amines is 1. The van der Waals surface area contributed by atoms with Crippen molar-refractivity contribution in [1.82, 2.24) is 14.8 Å². The second-order valence-corrected chi connectivity index (χ2v) is 9.27. The number of nitrogens with one attached hydrogen (secondary N) is 1. The minimum atomic E-state index is 0.272. The Bertz CT molecular complexity index is 895. The number of H-pyrrole nitrogens is 1. The molecule has 4 nitrogen and oxygen atoms in total. The molecule has 1 N–H and O–H groups in total. The van der Waals surface area contributed by atoms with Gasteiger partial charge in [-0.05, 0) is 46.1 Å². The molecular formula is C20H22BrN3OS. The summed E-state index contributed by atoms with van der Waals surface area (Å²) in [4.78, 5) is 21.7. The Morgan fingerprint density at radius 3 is 2.69 bits per heavy atom. The van der Waals surface area contributed by atoms with Crippen LogP contribution in [0.5, 0.6) is 0 Å². The van der Waals surface area contributed by atoms with E-state index >= 15 is 0 Å². The molecule has 1 aliphatic rings. The van der Waals surface area contributed by atoms with Gasteiger partial charge in [0.05, 0.1) is 3.79 Å². The van der Waals surface area contributed by atoms with Crippen molar-refractivity contribution in [1.29, 1.82) is 0 Å². The van der Waals surface area contributed by atoms with Crippen LogP contribution in [0.15, 0.2) is 46.4 Å². The van der Waals surface area contributed by atoms with Crippen molar-refractivity contribution < 1.29 is 4.79 Å². The third-order valence-corrected chi connectivity index (χ3v) is 6.62. The first-order valence-corrected chi connectivity index (χ1v) is 10.6. The van der Waals surface area contributed by atoms with Gasteiger partial charge in [-0.1, -0.05) is 18.2 Å². The Labute approximate surface area is 165 Å². The Hall–Kier alpha value is -1.63. The first kappa shape index (κ1) is 17.8. The van der Waals surface area contributed by atoms with Gasteiger partial charge >= 0.3 is 0 Å². The zero-order valence-corrected chi connectivity index (χ0v) is 17.0. The summed E-state index contributed by atoms with van der Waals surface area (Å²) in [5.74, 6) is 0.272. The molecule has 1 fully saturated rings. The number of hydrogen-bond acceptors (Lipinski definition) is 3. The van der Waals surface area contributed by atoms with Crippen LogP contribution in [0.2, 0.25) is 0 Å². The van der Waals surface area contributed by atoms with E-state index in [1.807, 2.05) is 23.2 Å². The quantitative estimate of drug-likeness (QED) is 0.654. The van der Waals surface area contributed by atoms with E-state index in [2.05, 4.69) is 50.1 Å². The molecule has 1 aromatic carbocycles. The van der Waals surface area contributed by atoms with Crippen LogP contribution in [0.25, 0.3) is 10.9 Å². The van der Waals surface area contributed by atoms with Gasteiger partial charge in [-0.3, -0.25) is 9.69 Å². The van der Waals surface area contributed by atoms with Crippen molar-refractivity contribution in [2.75, 3.05) is 26.2 Å². The molecule has 6 heteroatoms. The molecule has 4 rings (SSSR count). The average Bonchev–Trinajstić information content (AvgIpc) is 3.26. The van der Waals surface area contributed by atoms with Crippen LogP contribution in [-0.4, -0.2) is 46.9 Å². The number of para-hydroxylation sites is 1. The number of carbonyl (C=O) groups excluding carboxylic acids is 1. The maximum atomic E-state index is 12.6. The summed E-state index contributed by atoms with van der Waals surface area (Å²) in [5, 5.41) is 1.23. The number of rotatable bonds is 5. The predicted octanol–water partition coefficient (Wildman–Crippen LogP) is 4.27. The maximum absolute atomic E-state index is 12.6. The first-order chi connectivity index (χ1) is 12.7. The lowest BCUT2D eigenvalue weighted by atomic mass is 10.1. The van der Waals surface area contributed by atoms with Gasteiger partial charge in [-0.25, -0.2) is 0 Å². The van der Waals surface area contributed by atoms with Gasteiger partial charge in [0.15, 0.2) is 0 Å². The molecule has 0 aliphatic carbocycles. The summed E-state index contributed by atoms with van der Waals surface area (Å²) in [7, 11) is 0. The van der Waals surface area contributed by atoms with Crippen molar-refractivity contribution in [3.05, 3.63) is 56.8 Å². The molecule has 0 atom stereocenters. The topological polar surface area (TPSA) is 39.3 Å². The van der Waals surface area contributed by atoms with E-state index in [0.717, 1.165) is 44.7 Å². The standard InChI is InChI=1S/C20H22BrN3OS/c21-19-7-6-16(26-19)14-23-9-11-24(12-10-23)20(25)8-5-15-13-22-18-4-2-1-3-17(15)18/h1-4,6-7,13,22H,5,8-12,14H2. The summed E-state index contributed by atoms with van der Waals surface area (Å²) in [6.45, 7) is 4.55. The molecule has 26 heavy (non-hydrogen) atoms. The van der Waals surface area contributed by atoms with Crippen molar-refractivity contribution in [2.24, 2.45) is 0 Å². The highest BCUT2D eigenvalue weighted by Gasteiger charge is 2.21. The van der Waals surface area contributed by atoms with E-state index < -0.39 is 0 Å². The Kier molecular flexibility index (Phi) is 5.43. The smallest absolute Gasteiger partial charge is 0.222 e. The molecule has 0 bridgehead atoms. The molecule has 3 heterocycles. The largest absolute Gasteiger partial charge is 0.361 e. The van der Waals surface area contributed by atoms with Crippen LogP contribution in [0.3, 0.4) is 0 Å². The SMILES string of the molecule is O=C(CCc1c[nH]c2ccccc12)N1CCN(Cc2ccc(Br)s2)CC1. The van der Waals surface area contributed by atoms with E-state index in [1.54, 1.807) is 11.3 Å². The molecule has 0 spiro atoms. The third-order valence-electron chi connectivity index (χ3n) is 5.02. The molecule has 1 amide bonds. The number of nitrogens with zero attached hydrogens (tertiary/aromatic N) is 2. The van der Waals surface area contributed by atoms with Gasteiger partial charge in [0.1, 0.15) is 0 Å². The molecule has 136 valence electrons. The van der Waals surface area contributed by atoms with Gasteiger partial charge in [0.2, 0.25) is 5.91 Å². The monoisotopic (exact) mass is 431 g/mol. The van der Waals surface area contributed by atoms with Crippen molar-refractivity contribution >= 4 is 44.1 Å². The number of amides is 1. The van der Waals surface area contributed by atoms with Crippen LogP contribution < -0.4 is 0 Å². The van der Waals surface area contributed by atoms with Crippen molar-refractivity contribution in [2.45, 2.75) is 19.4 Å². The highest BCUT2D eigenvalue weighted by Crippen LogP contribution is 2.24. The van der Waals surface area contributed by atoms with E-state index in [0.29, 0.717) is 6.42 Å². The van der Waals surface area contributed by atoms with Crippen LogP contribution in [0.4, 0.5) is 0 Å². The van der Waals surface area contributed by atoms with Gasteiger partial charge in [0, 0.05) is 61.1 Å². The molecule has 1 aliphatic heterocycles. The minimum absolute atomic E-state index is 0.272. The number of piperazine rings is 1. The summed E-state index contributed by atoms with van der Waals surface area (Å²) >= 11 is 5.31. The van der Waals surface area contributed by atoms with E-state index in [1.165, 1.54) is 19.6 Å². The number of aromatic nitrogens is 1. The molecular weight excluding hydrogens is 410 g/mol. The summed E-state index contributed by atoms with van der Waals surface area (Å²) < 4.78 is 1.18. The molecule has 0 radical (unpaired) electrons. The summed E-state index contributed by atoms with van der Waals surface area (Å²) in [6.07, 6.45) is 3.42. The van der Waals surface area contributed by atoms with E-state index in [9.17, 15) is 4.79 Å². The van der Waals surface area contributed by atoms with Gasteiger partial charge in [-0.2, -0.15) is 0 Å². The fourth-order valence-corrected chi connectivity index (χ4v) is 5.08. The van der Waals surface area contributed by atoms with Gasteiger partial charge in [-0.15, -0.1) is 11.3 Å². The fraction of sp³-hybridized carbons (Fsp3) is 0.350. The lowest BCUT2D eigenvalue weighted by Gasteiger charge is -2.34. The number of hydrogen-bond donors (Lipinski definition) is 1. The number of carbonyl (C=O) groups is 1. The second kappa shape index (κ2) is 7.94. The van der Waals surface area contributed by atoms with Crippen molar-refractivity contribution in [3.63, 3.8) is 0 Å². The number of thiophene rings is 1. The number of aryl methyl sites for hydroxylation is 1. The van der Waals surface area contributed by atoms with Crippen LogP contribution in [0, 0.1) is 0 Å². The zero-order valence-electron chi connectivity index (χ0n) is 14.6. The van der Waals surface area contributed by atoms with E-state index in [4.69, 9.17) is 0 Å². The van der Waals surface area contributed by atoms with Gasteiger partial charge < -0.3 is 9.88 Å². The Morgan fingerprint density at radius 1 is 1.12 bits per heavy atom. The molecule has 0 unspecified atom stereocenters. The Morgan fingerprint density at radius 2 is 1.92 bits per heavy atom. The normalized spacial score (nSPS) is 15.7. The maximum Gasteiger partial charge on any atom is 0.222 e. The highest BCUT2D eigenvalue weighted by atomic mass is 79.9. The molecule has 3 aromatic rings. The zero-order chi connectivity index (χ0) is 17.9.